The van der Waals surface area contributed by atoms with Crippen molar-refractivity contribution in [2.24, 2.45) is 0 Å². The summed E-state index contributed by atoms with van der Waals surface area (Å²) in [5, 5.41) is 9.78. The smallest absolute Gasteiger partial charge is 0.345 e. The fourth-order valence-electron chi connectivity index (χ4n) is 1.28. The molecule has 0 bridgehead atoms. The molecule has 17 heavy (non-hydrogen) atoms. The largest absolute Gasteiger partial charge is 0.477 e. The molecule has 0 unspecified atom stereocenters. The number of aromatic nitrogens is 2. The van der Waals surface area contributed by atoms with Crippen molar-refractivity contribution in [2.75, 3.05) is 0 Å². The van der Waals surface area contributed by atoms with Gasteiger partial charge in [0, 0.05) is 16.8 Å². The monoisotopic (exact) mass is 266 g/mol. The highest BCUT2D eigenvalue weighted by atomic mass is 32.2. The van der Waals surface area contributed by atoms with Gasteiger partial charge in [0.2, 0.25) is 0 Å². The van der Waals surface area contributed by atoms with Crippen LogP contribution in [-0.2, 0) is 5.75 Å². The predicted molar refractivity (Wildman–Crippen MR) is 67.6 cm³/mol. The molecule has 4 nitrogen and oxygen atoms in total. The summed E-state index contributed by atoms with van der Waals surface area (Å²) in [5.41, 5.74) is 1.05. The second-order valence-electron chi connectivity index (χ2n) is 3.33. The molecule has 88 valence electrons. The van der Waals surface area contributed by atoms with Crippen LogP contribution in [0, 0.1) is 6.92 Å². The molecule has 0 aliphatic heterocycles. The standard InChI is InChI=1S/C11H10N2O2S2/c1-7-8(4-9(17-7)11(14)15)5-16-10-2-3-12-6-13-10/h2-4,6H,5H2,1H3,(H,14,15). The Morgan fingerprint density at radius 2 is 2.41 bits per heavy atom. The number of carbonyl (C=O) groups is 1. The van der Waals surface area contributed by atoms with Crippen LogP contribution in [-0.4, -0.2) is 21.0 Å². The van der Waals surface area contributed by atoms with Crippen LogP contribution in [0.2, 0.25) is 0 Å². The Bertz CT molecular complexity index is 526. The van der Waals surface area contributed by atoms with Crippen molar-refractivity contribution in [1.29, 1.82) is 0 Å². The van der Waals surface area contributed by atoms with Crippen molar-refractivity contribution >= 4 is 29.1 Å². The Labute approximate surface area is 107 Å². The Morgan fingerprint density at radius 1 is 1.59 bits per heavy atom. The third kappa shape index (κ3) is 3.04. The Balaban J connectivity index is 2.07. The number of rotatable bonds is 4. The summed E-state index contributed by atoms with van der Waals surface area (Å²) in [6.07, 6.45) is 3.20. The van der Waals surface area contributed by atoms with Crippen molar-refractivity contribution in [2.45, 2.75) is 17.7 Å². The maximum Gasteiger partial charge on any atom is 0.345 e. The van der Waals surface area contributed by atoms with Crippen LogP contribution in [0.25, 0.3) is 0 Å². The molecule has 0 saturated carbocycles. The van der Waals surface area contributed by atoms with Gasteiger partial charge in [-0.15, -0.1) is 23.1 Å². The van der Waals surface area contributed by atoms with Gasteiger partial charge in [0.1, 0.15) is 11.2 Å². The first kappa shape index (κ1) is 12.1. The molecule has 2 aromatic rings. The van der Waals surface area contributed by atoms with Crippen molar-refractivity contribution in [3.63, 3.8) is 0 Å². The molecule has 0 saturated heterocycles. The van der Waals surface area contributed by atoms with Crippen molar-refractivity contribution < 1.29 is 9.90 Å². The van der Waals surface area contributed by atoms with Crippen LogP contribution >= 0.6 is 23.1 Å². The third-order valence-corrected chi connectivity index (χ3v) is 4.24. The number of nitrogens with zero attached hydrogens (tertiary/aromatic N) is 2. The zero-order valence-electron chi connectivity index (χ0n) is 9.08. The van der Waals surface area contributed by atoms with E-state index in [-0.39, 0.29) is 0 Å². The van der Waals surface area contributed by atoms with Gasteiger partial charge in [0.05, 0.1) is 5.03 Å². The van der Waals surface area contributed by atoms with Gasteiger partial charge >= 0.3 is 5.97 Å². The second kappa shape index (κ2) is 5.29. The SMILES string of the molecule is Cc1sc(C(=O)O)cc1CSc1ccncn1. The van der Waals surface area contributed by atoms with Gasteiger partial charge in [0.15, 0.2) is 0 Å². The highest BCUT2D eigenvalue weighted by Crippen LogP contribution is 2.27. The lowest BCUT2D eigenvalue weighted by Crippen LogP contribution is -1.90. The Morgan fingerprint density at radius 3 is 3.00 bits per heavy atom. The van der Waals surface area contributed by atoms with Gasteiger partial charge < -0.3 is 5.11 Å². The first-order chi connectivity index (χ1) is 8.16. The van der Waals surface area contributed by atoms with Crippen LogP contribution in [0.4, 0.5) is 0 Å². The molecule has 0 amide bonds. The fraction of sp³-hybridized carbons (Fsp3) is 0.182. The molecule has 2 rings (SSSR count). The quantitative estimate of drug-likeness (QED) is 0.681. The molecule has 6 heteroatoms. The number of aryl methyl sites for hydroxylation is 1. The minimum absolute atomic E-state index is 0.390. The van der Waals surface area contributed by atoms with E-state index in [1.807, 2.05) is 13.0 Å². The number of hydrogen-bond acceptors (Lipinski definition) is 5. The van der Waals surface area contributed by atoms with E-state index in [2.05, 4.69) is 9.97 Å². The molecular formula is C11H10N2O2S2. The van der Waals surface area contributed by atoms with Gasteiger partial charge in [0.25, 0.3) is 0 Å². The first-order valence-electron chi connectivity index (χ1n) is 4.88. The van der Waals surface area contributed by atoms with Gasteiger partial charge in [-0.05, 0) is 24.6 Å². The number of hydrogen-bond donors (Lipinski definition) is 1. The van der Waals surface area contributed by atoms with E-state index in [4.69, 9.17) is 5.11 Å². The predicted octanol–water partition coefficient (Wildman–Crippen LogP) is 2.84. The lowest BCUT2D eigenvalue weighted by atomic mass is 10.3. The fourth-order valence-corrected chi connectivity index (χ4v) is 3.14. The van der Waals surface area contributed by atoms with Gasteiger partial charge in [-0.3, -0.25) is 0 Å². The summed E-state index contributed by atoms with van der Waals surface area (Å²) >= 11 is 2.89. The van der Waals surface area contributed by atoms with Crippen LogP contribution in [0.3, 0.4) is 0 Å². The van der Waals surface area contributed by atoms with E-state index < -0.39 is 5.97 Å². The highest BCUT2D eigenvalue weighted by Gasteiger charge is 2.11. The molecule has 0 aliphatic rings. The van der Waals surface area contributed by atoms with E-state index in [1.54, 1.807) is 24.0 Å². The van der Waals surface area contributed by atoms with E-state index in [0.29, 0.717) is 4.88 Å². The average molecular weight is 266 g/mol. The summed E-state index contributed by atoms with van der Waals surface area (Å²) < 4.78 is 0. The molecular weight excluding hydrogens is 256 g/mol. The Hall–Kier alpha value is -1.40. The molecule has 0 atom stereocenters. The molecule has 2 aromatic heterocycles. The summed E-state index contributed by atoms with van der Waals surface area (Å²) in [7, 11) is 0. The lowest BCUT2D eigenvalue weighted by molar-refractivity contribution is 0.0702. The van der Waals surface area contributed by atoms with Crippen molar-refractivity contribution in [1.82, 2.24) is 9.97 Å². The maximum absolute atomic E-state index is 10.8. The second-order valence-corrected chi connectivity index (χ2v) is 5.59. The number of thiophene rings is 1. The number of thioether (sulfide) groups is 1. The molecule has 0 aromatic carbocycles. The van der Waals surface area contributed by atoms with Gasteiger partial charge in [-0.2, -0.15) is 0 Å². The highest BCUT2D eigenvalue weighted by molar-refractivity contribution is 7.98. The van der Waals surface area contributed by atoms with Crippen LogP contribution in [0.5, 0.6) is 0 Å². The van der Waals surface area contributed by atoms with Crippen LogP contribution in [0.15, 0.2) is 29.7 Å². The normalized spacial score (nSPS) is 10.4. The molecule has 0 aliphatic carbocycles. The summed E-state index contributed by atoms with van der Waals surface area (Å²) in [6, 6.07) is 3.57. The van der Waals surface area contributed by atoms with E-state index in [1.165, 1.54) is 17.7 Å². The van der Waals surface area contributed by atoms with Crippen molar-refractivity contribution in [3.05, 3.63) is 40.0 Å². The van der Waals surface area contributed by atoms with E-state index >= 15 is 0 Å². The summed E-state index contributed by atoms with van der Waals surface area (Å²) in [4.78, 5) is 20.2. The average Bonchev–Trinajstić information content (AvgIpc) is 2.70. The maximum atomic E-state index is 10.8. The lowest BCUT2D eigenvalue weighted by Gasteiger charge is -1.99. The summed E-state index contributed by atoms with van der Waals surface area (Å²) in [6.45, 7) is 1.94. The van der Waals surface area contributed by atoms with E-state index in [9.17, 15) is 4.79 Å². The van der Waals surface area contributed by atoms with E-state index in [0.717, 1.165) is 21.2 Å². The van der Waals surface area contributed by atoms with Gasteiger partial charge in [-0.25, -0.2) is 14.8 Å². The third-order valence-electron chi connectivity index (χ3n) is 2.16. The molecule has 1 N–H and O–H groups in total. The summed E-state index contributed by atoms with van der Waals surface area (Å²) in [5.74, 6) is -0.136. The van der Waals surface area contributed by atoms with Crippen LogP contribution in [0.1, 0.15) is 20.1 Å². The molecule has 0 fully saturated rings. The van der Waals surface area contributed by atoms with Crippen LogP contribution < -0.4 is 0 Å². The number of carboxylic acids is 1. The molecule has 0 radical (unpaired) electrons. The minimum atomic E-state index is -0.864. The minimum Gasteiger partial charge on any atom is -0.477 e. The zero-order valence-corrected chi connectivity index (χ0v) is 10.7. The topological polar surface area (TPSA) is 63.1 Å². The van der Waals surface area contributed by atoms with Crippen molar-refractivity contribution in [3.8, 4) is 0 Å². The first-order valence-corrected chi connectivity index (χ1v) is 6.68. The molecule has 0 spiro atoms. The molecule has 2 heterocycles. The Kier molecular flexibility index (Phi) is 3.75. The number of carboxylic acid groups (broad SMARTS) is 1. The number of aromatic carboxylic acids is 1. The van der Waals surface area contributed by atoms with Gasteiger partial charge in [-0.1, -0.05) is 0 Å². The zero-order chi connectivity index (χ0) is 12.3.